The van der Waals surface area contributed by atoms with E-state index in [4.69, 9.17) is 4.74 Å². The molecule has 0 bridgehead atoms. The molecular formula is C13H24N4O. The van der Waals surface area contributed by atoms with Crippen molar-refractivity contribution < 1.29 is 4.74 Å². The molecule has 1 aromatic rings. The third-order valence-corrected chi connectivity index (χ3v) is 3.61. The Morgan fingerprint density at radius 3 is 3.06 bits per heavy atom. The summed E-state index contributed by atoms with van der Waals surface area (Å²) in [6, 6.07) is 0.850. The monoisotopic (exact) mass is 252 g/mol. The van der Waals surface area contributed by atoms with Crippen LogP contribution in [0.2, 0.25) is 0 Å². The lowest BCUT2D eigenvalue weighted by molar-refractivity contribution is 0.162. The minimum Gasteiger partial charge on any atom is -0.383 e. The van der Waals surface area contributed by atoms with Crippen LogP contribution in [0.25, 0.3) is 0 Å². The van der Waals surface area contributed by atoms with E-state index in [2.05, 4.69) is 39.9 Å². The second-order valence-electron chi connectivity index (χ2n) is 5.15. The number of anilines is 1. The maximum absolute atomic E-state index is 5.25. The number of aryl methyl sites for hydroxylation is 1. The molecule has 1 aromatic heterocycles. The number of methoxy groups -OCH3 is 1. The summed E-state index contributed by atoms with van der Waals surface area (Å²) in [5, 5.41) is 3.40. The van der Waals surface area contributed by atoms with Gasteiger partial charge in [0.15, 0.2) is 0 Å². The fraction of sp³-hybridized carbons (Fsp3) is 0.769. The Kier molecular flexibility index (Phi) is 4.24. The topological polar surface area (TPSA) is 42.3 Å². The van der Waals surface area contributed by atoms with Crippen molar-refractivity contribution in [3.8, 4) is 0 Å². The van der Waals surface area contributed by atoms with Crippen LogP contribution < -0.4 is 10.2 Å². The molecule has 5 nitrogen and oxygen atoms in total. The molecule has 18 heavy (non-hydrogen) atoms. The van der Waals surface area contributed by atoms with Gasteiger partial charge in [-0.3, -0.25) is 0 Å². The summed E-state index contributed by atoms with van der Waals surface area (Å²) in [4.78, 5) is 6.95. The van der Waals surface area contributed by atoms with Crippen molar-refractivity contribution in [1.82, 2.24) is 14.9 Å². The van der Waals surface area contributed by atoms with Crippen LogP contribution in [0.4, 0.5) is 5.95 Å². The van der Waals surface area contributed by atoms with Crippen LogP contribution in [0.1, 0.15) is 25.1 Å². The van der Waals surface area contributed by atoms with Crippen molar-refractivity contribution in [1.29, 1.82) is 0 Å². The first-order valence-electron chi connectivity index (χ1n) is 6.61. The number of likely N-dealkylation sites (N-methyl/N-ethyl adjacent to an activating group) is 1. The fourth-order valence-electron chi connectivity index (χ4n) is 2.54. The van der Waals surface area contributed by atoms with Crippen LogP contribution >= 0.6 is 0 Å². The van der Waals surface area contributed by atoms with E-state index in [1.165, 1.54) is 6.42 Å². The van der Waals surface area contributed by atoms with Crippen LogP contribution in [0.15, 0.2) is 6.20 Å². The Balaban J connectivity index is 2.20. The Labute approximate surface area is 109 Å². The SMILES string of the molecule is COCC(C)n1cc(C)nc1N(C)C1CCNC1. The van der Waals surface area contributed by atoms with Gasteiger partial charge in [0, 0.05) is 32.9 Å². The molecule has 2 unspecified atom stereocenters. The largest absolute Gasteiger partial charge is 0.383 e. The number of nitrogens with one attached hydrogen (secondary N) is 1. The number of ether oxygens (including phenoxy) is 1. The maximum Gasteiger partial charge on any atom is 0.206 e. The highest BCUT2D eigenvalue weighted by Gasteiger charge is 2.24. The second kappa shape index (κ2) is 5.71. The van der Waals surface area contributed by atoms with Crippen LogP contribution in [0, 0.1) is 6.92 Å². The van der Waals surface area contributed by atoms with Crippen molar-refractivity contribution in [3.05, 3.63) is 11.9 Å². The summed E-state index contributed by atoms with van der Waals surface area (Å²) in [5.41, 5.74) is 1.06. The highest BCUT2D eigenvalue weighted by molar-refractivity contribution is 5.35. The molecule has 0 saturated carbocycles. The van der Waals surface area contributed by atoms with Gasteiger partial charge in [-0.1, -0.05) is 0 Å². The van der Waals surface area contributed by atoms with E-state index in [0.29, 0.717) is 18.7 Å². The van der Waals surface area contributed by atoms with Crippen molar-refractivity contribution in [2.75, 3.05) is 38.8 Å². The molecule has 2 heterocycles. The molecule has 0 aromatic carbocycles. The van der Waals surface area contributed by atoms with Gasteiger partial charge in [0.1, 0.15) is 0 Å². The lowest BCUT2D eigenvalue weighted by Gasteiger charge is -2.27. The third kappa shape index (κ3) is 2.67. The lowest BCUT2D eigenvalue weighted by Crippen LogP contribution is -2.35. The van der Waals surface area contributed by atoms with E-state index in [0.717, 1.165) is 24.7 Å². The first-order chi connectivity index (χ1) is 8.63. The minimum atomic E-state index is 0.308. The van der Waals surface area contributed by atoms with Crippen LogP contribution in [-0.4, -0.2) is 49.4 Å². The molecular weight excluding hydrogens is 228 g/mol. The van der Waals surface area contributed by atoms with Crippen molar-refractivity contribution in [2.45, 2.75) is 32.4 Å². The molecule has 0 aliphatic carbocycles. The van der Waals surface area contributed by atoms with E-state index >= 15 is 0 Å². The number of hydrogen-bond donors (Lipinski definition) is 1. The summed E-state index contributed by atoms with van der Waals surface area (Å²) >= 11 is 0. The fourth-order valence-corrected chi connectivity index (χ4v) is 2.54. The summed E-state index contributed by atoms with van der Waals surface area (Å²) in [6.45, 7) is 7.05. The normalized spacial score (nSPS) is 21.2. The molecule has 1 fully saturated rings. The predicted octanol–water partition coefficient (Wildman–Crippen LogP) is 1.20. The first kappa shape index (κ1) is 13.4. The third-order valence-electron chi connectivity index (χ3n) is 3.61. The first-order valence-corrected chi connectivity index (χ1v) is 6.61. The van der Waals surface area contributed by atoms with Gasteiger partial charge in [0.05, 0.1) is 18.3 Å². The Morgan fingerprint density at radius 2 is 2.44 bits per heavy atom. The van der Waals surface area contributed by atoms with Gasteiger partial charge < -0.3 is 19.5 Å². The van der Waals surface area contributed by atoms with Crippen LogP contribution in [-0.2, 0) is 4.74 Å². The van der Waals surface area contributed by atoms with Gasteiger partial charge in [-0.05, 0) is 26.8 Å². The van der Waals surface area contributed by atoms with E-state index in [1.54, 1.807) is 7.11 Å². The van der Waals surface area contributed by atoms with E-state index in [9.17, 15) is 0 Å². The van der Waals surface area contributed by atoms with Crippen molar-refractivity contribution in [2.24, 2.45) is 0 Å². The molecule has 2 atom stereocenters. The highest BCUT2D eigenvalue weighted by atomic mass is 16.5. The van der Waals surface area contributed by atoms with Gasteiger partial charge in [0.2, 0.25) is 5.95 Å². The minimum absolute atomic E-state index is 0.308. The molecule has 1 aliphatic heterocycles. The summed E-state index contributed by atoms with van der Waals surface area (Å²) in [5.74, 6) is 1.05. The standard InChI is InChI=1S/C13H24N4O/c1-10-8-17(11(2)9-18-4)13(15-10)16(3)12-5-6-14-7-12/h8,11-12,14H,5-7,9H2,1-4H3. The zero-order valence-electron chi connectivity index (χ0n) is 11.8. The molecule has 1 saturated heterocycles. The Bertz CT molecular complexity index is 384. The van der Waals surface area contributed by atoms with Crippen molar-refractivity contribution in [3.63, 3.8) is 0 Å². The molecule has 2 rings (SSSR count). The van der Waals surface area contributed by atoms with Gasteiger partial charge in [-0.25, -0.2) is 4.98 Å². The van der Waals surface area contributed by atoms with Gasteiger partial charge in [-0.15, -0.1) is 0 Å². The van der Waals surface area contributed by atoms with Crippen LogP contribution in [0.3, 0.4) is 0 Å². The molecule has 5 heteroatoms. The smallest absolute Gasteiger partial charge is 0.206 e. The molecule has 1 aliphatic rings. The Hall–Kier alpha value is -1.07. The summed E-state index contributed by atoms with van der Waals surface area (Å²) in [7, 11) is 3.88. The molecule has 0 spiro atoms. The highest BCUT2D eigenvalue weighted by Crippen LogP contribution is 2.22. The summed E-state index contributed by atoms with van der Waals surface area (Å²) in [6.07, 6.45) is 3.29. The average Bonchev–Trinajstić information content (AvgIpc) is 2.97. The second-order valence-corrected chi connectivity index (χ2v) is 5.15. The molecule has 102 valence electrons. The van der Waals surface area contributed by atoms with E-state index < -0.39 is 0 Å². The molecule has 1 N–H and O–H groups in total. The number of imidazole rings is 1. The summed E-state index contributed by atoms with van der Waals surface area (Å²) < 4.78 is 7.47. The maximum atomic E-state index is 5.25. The van der Waals surface area contributed by atoms with Gasteiger partial charge >= 0.3 is 0 Å². The van der Waals surface area contributed by atoms with E-state index in [-0.39, 0.29) is 0 Å². The number of aromatic nitrogens is 2. The predicted molar refractivity (Wildman–Crippen MR) is 73.2 cm³/mol. The Morgan fingerprint density at radius 1 is 1.67 bits per heavy atom. The van der Waals surface area contributed by atoms with Gasteiger partial charge in [0.25, 0.3) is 0 Å². The lowest BCUT2D eigenvalue weighted by atomic mass is 10.2. The molecule has 0 radical (unpaired) electrons. The number of hydrogen-bond acceptors (Lipinski definition) is 4. The number of nitrogens with zero attached hydrogens (tertiary/aromatic N) is 3. The number of rotatable bonds is 5. The van der Waals surface area contributed by atoms with Crippen LogP contribution in [0.5, 0.6) is 0 Å². The quantitative estimate of drug-likeness (QED) is 0.855. The molecule has 0 amide bonds. The average molecular weight is 252 g/mol. The zero-order chi connectivity index (χ0) is 13.1. The van der Waals surface area contributed by atoms with Crippen molar-refractivity contribution >= 4 is 5.95 Å². The van der Waals surface area contributed by atoms with E-state index in [1.807, 2.05) is 6.92 Å². The van der Waals surface area contributed by atoms with Gasteiger partial charge in [-0.2, -0.15) is 0 Å². The zero-order valence-corrected chi connectivity index (χ0v) is 11.8.